The first-order valence-corrected chi connectivity index (χ1v) is 12.1. The Hall–Kier alpha value is -3.05. The van der Waals surface area contributed by atoms with E-state index >= 15 is 0 Å². The van der Waals surface area contributed by atoms with E-state index in [-0.39, 0.29) is 5.91 Å². The van der Waals surface area contributed by atoms with E-state index < -0.39 is 0 Å². The summed E-state index contributed by atoms with van der Waals surface area (Å²) in [4.78, 5) is 15.3. The first-order chi connectivity index (χ1) is 16.4. The normalized spacial score (nSPS) is 14.7. The summed E-state index contributed by atoms with van der Waals surface area (Å²) in [6, 6.07) is 24.8. The number of halogens is 3. The zero-order chi connectivity index (χ0) is 23.8. The fourth-order valence-corrected chi connectivity index (χ4v) is 4.83. The Morgan fingerprint density at radius 1 is 0.882 bits per heavy atom. The molecule has 34 heavy (non-hydrogen) atoms. The van der Waals surface area contributed by atoms with Gasteiger partial charge in [0.25, 0.3) is 5.91 Å². The average Bonchev–Trinajstić information content (AvgIpc) is 3.42. The van der Waals surface area contributed by atoms with Crippen LogP contribution >= 0.6 is 39.1 Å². The number of hydrogen-bond donors (Lipinski definition) is 0. The van der Waals surface area contributed by atoms with Crippen LogP contribution in [0.4, 0.5) is 5.69 Å². The molecule has 0 aliphatic carbocycles. The molecule has 3 nitrogen and oxygen atoms in total. The van der Waals surface area contributed by atoms with E-state index in [2.05, 4.69) is 15.9 Å². The van der Waals surface area contributed by atoms with Crippen molar-refractivity contribution in [2.75, 3.05) is 4.90 Å². The smallest absolute Gasteiger partial charge is 0.263 e. The Morgan fingerprint density at radius 2 is 1.68 bits per heavy atom. The van der Waals surface area contributed by atoms with Crippen molar-refractivity contribution in [1.82, 2.24) is 0 Å². The molecular weight excluding hydrogens is 533 g/mol. The van der Waals surface area contributed by atoms with Crippen molar-refractivity contribution in [2.24, 2.45) is 0 Å². The second-order valence-corrected chi connectivity index (χ2v) is 9.59. The lowest BCUT2D eigenvalue weighted by Crippen LogP contribution is -2.25. The summed E-state index contributed by atoms with van der Waals surface area (Å²) in [7, 11) is 0. The van der Waals surface area contributed by atoms with Crippen LogP contribution in [0.3, 0.4) is 0 Å². The predicted molar refractivity (Wildman–Crippen MR) is 143 cm³/mol. The fraction of sp³-hybridized carbons (Fsp3) is 0.0357. The quantitative estimate of drug-likeness (QED) is 0.238. The van der Waals surface area contributed by atoms with Crippen molar-refractivity contribution in [3.8, 4) is 11.3 Å². The molecule has 6 heteroatoms. The average molecular weight is 551 g/mol. The molecule has 3 aromatic carbocycles. The van der Waals surface area contributed by atoms with Crippen LogP contribution in [0.5, 0.6) is 0 Å². The second-order valence-electron chi connectivity index (χ2n) is 7.92. The van der Waals surface area contributed by atoms with Crippen LogP contribution in [0.2, 0.25) is 10.0 Å². The highest BCUT2D eigenvalue weighted by Crippen LogP contribution is 2.39. The maximum Gasteiger partial charge on any atom is 0.263 e. The van der Waals surface area contributed by atoms with Gasteiger partial charge in [-0.05, 0) is 88.6 Å². The molecule has 1 aliphatic heterocycles. The van der Waals surface area contributed by atoms with Crippen LogP contribution in [-0.4, -0.2) is 5.91 Å². The van der Waals surface area contributed by atoms with E-state index in [1.54, 1.807) is 23.1 Å². The number of aryl methyl sites for hydroxylation is 1. The summed E-state index contributed by atoms with van der Waals surface area (Å²) >= 11 is 15.8. The molecule has 0 fully saturated rings. The van der Waals surface area contributed by atoms with Gasteiger partial charge in [0, 0.05) is 15.6 Å². The molecule has 0 N–H and O–H groups in total. The van der Waals surface area contributed by atoms with Crippen molar-refractivity contribution in [2.45, 2.75) is 6.92 Å². The highest BCUT2D eigenvalue weighted by molar-refractivity contribution is 9.10. The first-order valence-electron chi connectivity index (χ1n) is 10.6. The number of carbonyl (C=O) groups excluding carboxylic acids is 1. The summed E-state index contributed by atoms with van der Waals surface area (Å²) in [5, 5.41) is 0.938. The van der Waals surface area contributed by atoms with Crippen molar-refractivity contribution in [1.29, 1.82) is 0 Å². The molecule has 0 saturated heterocycles. The number of nitrogens with zero attached hydrogens (tertiary/aromatic N) is 1. The van der Waals surface area contributed by atoms with Crippen LogP contribution in [0, 0.1) is 6.92 Å². The molecule has 1 aromatic heterocycles. The molecule has 0 saturated carbocycles. The minimum absolute atomic E-state index is 0.129. The fourth-order valence-electron chi connectivity index (χ4n) is 3.86. The maximum atomic E-state index is 13.6. The third-order valence-electron chi connectivity index (χ3n) is 5.53. The number of anilines is 1. The van der Waals surface area contributed by atoms with Gasteiger partial charge in [0.2, 0.25) is 0 Å². The van der Waals surface area contributed by atoms with E-state index in [0.29, 0.717) is 27.1 Å². The van der Waals surface area contributed by atoms with Gasteiger partial charge in [-0.2, -0.15) is 0 Å². The molecular formula is C28H18BrCl2NO2. The first kappa shape index (κ1) is 22.7. The zero-order valence-electron chi connectivity index (χ0n) is 18.1. The third-order valence-corrected chi connectivity index (χ3v) is 6.90. The zero-order valence-corrected chi connectivity index (χ0v) is 21.2. The molecule has 1 amide bonds. The van der Waals surface area contributed by atoms with Gasteiger partial charge in [0.05, 0.1) is 21.4 Å². The Morgan fingerprint density at radius 3 is 2.41 bits per heavy atom. The van der Waals surface area contributed by atoms with Gasteiger partial charge in [-0.1, -0.05) is 59.6 Å². The molecule has 168 valence electrons. The molecule has 5 rings (SSSR count). The van der Waals surface area contributed by atoms with Gasteiger partial charge in [0.15, 0.2) is 0 Å². The number of carbonyl (C=O) groups is 1. The third kappa shape index (κ3) is 4.37. The summed E-state index contributed by atoms with van der Waals surface area (Å²) in [5.41, 5.74) is 4.97. The monoisotopic (exact) mass is 549 g/mol. The largest absolute Gasteiger partial charge is 0.457 e. The lowest BCUT2D eigenvalue weighted by Gasteiger charge is -2.22. The maximum absolute atomic E-state index is 13.6. The Kier molecular flexibility index (Phi) is 6.22. The molecule has 0 atom stereocenters. The molecule has 4 aromatic rings. The van der Waals surface area contributed by atoms with Crippen molar-refractivity contribution < 1.29 is 9.21 Å². The van der Waals surface area contributed by atoms with Crippen molar-refractivity contribution >= 4 is 62.5 Å². The van der Waals surface area contributed by atoms with Gasteiger partial charge < -0.3 is 4.42 Å². The standard InChI is InChI=1S/C28H18BrCl2NO2/c1-17-7-11-25(22(29)13-17)32-26(18-5-3-2-4-6-18)16-20(28(32)33)14-21-9-12-27(34-21)19-8-10-23(30)24(31)15-19/h2-16H,1H3/b20-14+. The number of furan rings is 1. The molecule has 0 spiro atoms. The van der Waals surface area contributed by atoms with Crippen LogP contribution in [0.15, 0.2) is 99.4 Å². The highest BCUT2D eigenvalue weighted by atomic mass is 79.9. The molecule has 1 aliphatic rings. The summed E-state index contributed by atoms with van der Waals surface area (Å²) < 4.78 is 6.86. The molecule has 0 radical (unpaired) electrons. The Bertz CT molecular complexity index is 1470. The minimum atomic E-state index is -0.129. The minimum Gasteiger partial charge on any atom is -0.457 e. The van der Waals surface area contributed by atoms with Gasteiger partial charge in [-0.3, -0.25) is 9.69 Å². The van der Waals surface area contributed by atoms with Gasteiger partial charge >= 0.3 is 0 Å². The van der Waals surface area contributed by atoms with Gasteiger partial charge in [-0.15, -0.1) is 0 Å². The Labute approximate surface area is 216 Å². The number of amides is 1. The summed E-state index contributed by atoms with van der Waals surface area (Å²) in [6.07, 6.45) is 3.65. The van der Waals surface area contributed by atoms with E-state index in [0.717, 1.165) is 32.5 Å². The topological polar surface area (TPSA) is 33.5 Å². The number of hydrogen-bond acceptors (Lipinski definition) is 2. The van der Waals surface area contributed by atoms with E-state index in [1.165, 1.54) is 0 Å². The van der Waals surface area contributed by atoms with Crippen molar-refractivity contribution in [3.05, 3.63) is 122 Å². The van der Waals surface area contributed by atoms with Crippen molar-refractivity contribution in [3.63, 3.8) is 0 Å². The van der Waals surface area contributed by atoms with Gasteiger partial charge in [-0.25, -0.2) is 0 Å². The Balaban J connectivity index is 1.55. The highest BCUT2D eigenvalue weighted by Gasteiger charge is 2.31. The van der Waals surface area contributed by atoms with Crippen LogP contribution in [0.1, 0.15) is 16.9 Å². The lowest BCUT2D eigenvalue weighted by molar-refractivity contribution is -0.113. The van der Waals surface area contributed by atoms with Crippen LogP contribution in [0.25, 0.3) is 23.1 Å². The number of rotatable bonds is 4. The van der Waals surface area contributed by atoms with E-state index in [9.17, 15) is 4.79 Å². The lowest BCUT2D eigenvalue weighted by atomic mass is 10.1. The SMILES string of the molecule is Cc1ccc(N2C(=O)/C(=C/c3ccc(-c4ccc(Cl)c(Cl)c4)o3)C=C2c2ccccc2)c(Br)c1. The van der Waals surface area contributed by atoms with Crippen LogP contribution in [-0.2, 0) is 4.79 Å². The van der Waals surface area contributed by atoms with Gasteiger partial charge in [0.1, 0.15) is 11.5 Å². The second kappa shape index (κ2) is 9.30. The van der Waals surface area contributed by atoms with Crippen LogP contribution < -0.4 is 4.90 Å². The predicted octanol–water partition coefficient (Wildman–Crippen LogP) is 8.80. The summed E-state index contributed by atoms with van der Waals surface area (Å²) in [5.74, 6) is 1.08. The molecule has 0 bridgehead atoms. The number of benzene rings is 3. The molecule has 2 heterocycles. The van der Waals surface area contributed by atoms with E-state index in [1.807, 2.05) is 79.7 Å². The molecule has 0 unspecified atom stereocenters. The van der Waals surface area contributed by atoms with E-state index in [4.69, 9.17) is 27.6 Å². The summed E-state index contributed by atoms with van der Waals surface area (Å²) in [6.45, 7) is 2.02.